The molecule has 0 spiro atoms. The second-order valence-electron chi connectivity index (χ2n) is 8.16. The number of rotatable bonds is 6. The maximum atomic E-state index is 12.8. The summed E-state index contributed by atoms with van der Waals surface area (Å²) in [5, 5.41) is 7.65. The third kappa shape index (κ3) is 3.99. The number of hydrogen-bond acceptors (Lipinski definition) is 6. The molecule has 3 heterocycles. The van der Waals surface area contributed by atoms with Gasteiger partial charge in [0.1, 0.15) is 5.82 Å². The van der Waals surface area contributed by atoms with Gasteiger partial charge in [0, 0.05) is 23.6 Å². The highest BCUT2D eigenvalue weighted by Crippen LogP contribution is 2.33. The molecule has 34 heavy (non-hydrogen) atoms. The Morgan fingerprint density at radius 3 is 2.41 bits per heavy atom. The van der Waals surface area contributed by atoms with E-state index in [9.17, 15) is 22.8 Å². The van der Waals surface area contributed by atoms with Gasteiger partial charge in [-0.2, -0.15) is 5.10 Å². The van der Waals surface area contributed by atoms with Gasteiger partial charge in [-0.1, -0.05) is 29.8 Å². The highest BCUT2D eigenvalue weighted by Gasteiger charge is 2.35. The number of imide groups is 1. The van der Waals surface area contributed by atoms with Crippen LogP contribution in [0.4, 0.5) is 5.82 Å². The summed E-state index contributed by atoms with van der Waals surface area (Å²) >= 11 is 6.10. The number of fused-ring (bicyclic) bond motifs is 2. The first-order valence-electron chi connectivity index (χ1n) is 10.6. The number of sulfone groups is 1. The summed E-state index contributed by atoms with van der Waals surface area (Å²) in [4.78, 5) is 38.9. The molecule has 5 rings (SSSR count). The first-order chi connectivity index (χ1) is 16.2. The Kier molecular flexibility index (Phi) is 5.49. The van der Waals surface area contributed by atoms with Gasteiger partial charge >= 0.3 is 0 Å². The highest BCUT2D eigenvalue weighted by atomic mass is 35.5. The zero-order chi connectivity index (χ0) is 24.0. The summed E-state index contributed by atoms with van der Waals surface area (Å²) in [6.07, 6.45) is 0.277. The van der Waals surface area contributed by atoms with Crippen LogP contribution in [0.1, 0.15) is 44.8 Å². The monoisotopic (exact) mass is 498 g/mol. The van der Waals surface area contributed by atoms with Crippen molar-refractivity contribution < 1.29 is 22.8 Å². The average molecular weight is 499 g/mol. The molecule has 0 radical (unpaired) electrons. The predicted octanol–water partition coefficient (Wildman–Crippen LogP) is 2.97. The van der Waals surface area contributed by atoms with Crippen molar-refractivity contribution >= 4 is 45.0 Å². The summed E-state index contributed by atoms with van der Waals surface area (Å²) in [6, 6.07) is 13.4. The molecule has 0 unspecified atom stereocenters. The number of aromatic nitrogens is 2. The Bertz CT molecular complexity index is 1430. The van der Waals surface area contributed by atoms with Crippen LogP contribution in [0.15, 0.2) is 48.5 Å². The van der Waals surface area contributed by atoms with E-state index in [1.807, 2.05) is 0 Å². The number of carbonyl (C=O) groups excluding carboxylic acids is 3. The number of carbonyl (C=O) groups is 3. The van der Waals surface area contributed by atoms with Crippen LogP contribution in [0.2, 0.25) is 5.02 Å². The summed E-state index contributed by atoms with van der Waals surface area (Å²) < 4.78 is 25.7. The fraction of sp³-hybridized carbons (Fsp3) is 0.217. The van der Waals surface area contributed by atoms with Gasteiger partial charge in [0.15, 0.2) is 9.84 Å². The fourth-order valence-corrected chi connectivity index (χ4v) is 5.88. The van der Waals surface area contributed by atoms with Crippen molar-refractivity contribution in [1.29, 1.82) is 0 Å². The van der Waals surface area contributed by atoms with Crippen molar-refractivity contribution in [3.05, 3.63) is 75.9 Å². The predicted molar refractivity (Wildman–Crippen MR) is 125 cm³/mol. The van der Waals surface area contributed by atoms with E-state index in [2.05, 4.69) is 10.4 Å². The van der Waals surface area contributed by atoms with Crippen molar-refractivity contribution in [1.82, 2.24) is 14.7 Å². The summed E-state index contributed by atoms with van der Waals surface area (Å²) in [7, 11) is -3.33. The Balaban J connectivity index is 1.31. The normalized spacial score (nSPS) is 16.0. The molecular formula is C23H19ClN4O5S. The minimum atomic E-state index is -3.33. The Morgan fingerprint density at radius 2 is 1.74 bits per heavy atom. The summed E-state index contributed by atoms with van der Waals surface area (Å²) in [5.74, 6) is -1.26. The second kappa shape index (κ2) is 8.37. The smallest absolute Gasteiger partial charge is 0.261 e. The van der Waals surface area contributed by atoms with Crippen LogP contribution in [0.3, 0.4) is 0 Å². The van der Waals surface area contributed by atoms with Crippen molar-refractivity contribution in [2.24, 2.45) is 0 Å². The molecule has 11 heteroatoms. The molecule has 0 atom stereocenters. The van der Waals surface area contributed by atoms with Crippen LogP contribution in [0.25, 0.3) is 5.69 Å². The molecule has 3 aromatic rings. The minimum Gasteiger partial charge on any atom is -0.310 e. The lowest BCUT2D eigenvalue weighted by Gasteiger charge is -2.14. The van der Waals surface area contributed by atoms with Crippen LogP contribution >= 0.6 is 11.6 Å². The first kappa shape index (κ1) is 22.3. The highest BCUT2D eigenvalue weighted by molar-refractivity contribution is 7.90. The van der Waals surface area contributed by atoms with E-state index in [4.69, 9.17) is 11.6 Å². The number of halogens is 1. The molecule has 2 aliphatic heterocycles. The molecular weight excluding hydrogens is 480 g/mol. The number of nitrogens with zero attached hydrogens (tertiary/aromatic N) is 3. The Labute approximate surface area is 200 Å². The van der Waals surface area contributed by atoms with Crippen LogP contribution in [0.5, 0.6) is 0 Å². The standard InChI is InChI=1S/C23H19ClN4O5S/c24-14-5-3-6-15(11-14)28-21(18-12-34(32,33)13-19(18)26-28)25-20(29)9-4-10-27-22(30)16-7-1-2-8-17(16)23(27)31/h1-3,5-8,11H,4,9-10,12-13H2,(H,25,29). The second-order valence-corrected chi connectivity index (χ2v) is 10.7. The Hall–Kier alpha value is -3.50. The number of anilines is 1. The van der Waals surface area contributed by atoms with Gasteiger partial charge in [0.25, 0.3) is 11.8 Å². The molecule has 2 aliphatic rings. The SMILES string of the molecule is O=C(CCCN1C(=O)c2ccccc2C1=O)Nc1c2c(nn1-c1cccc(Cl)c1)CS(=O)(=O)C2. The maximum absolute atomic E-state index is 12.8. The van der Waals surface area contributed by atoms with E-state index in [0.29, 0.717) is 33.1 Å². The lowest BCUT2D eigenvalue weighted by atomic mass is 10.1. The quantitative estimate of drug-likeness (QED) is 0.522. The minimum absolute atomic E-state index is 0.0235. The molecule has 9 nitrogen and oxygen atoms in total. The van der Waals surface area contributed by atoms with Gasteiger partial charge in [-0.25, -0.2) is 13.1 Å². The van der Waals surface area contributed by atoms with E-state index in [1.165, 1.54) is 4.68 Å². The van der Waals surface area contributed by atoms with Gasteiger partial charge < -0.3 is 5.32 Å². The molecule has 1 aromatic heterocycles. The zero-order valence-electron chi connectivity index (χ0n) is 17.8. The topological polar surface area (TPSA) is 118 Å². The van der Waals surface area contributed by atoms with E-state index in [-0.39, 0.29) is 54.4 Å². The third-order valence-electron chi connectivity index (χ3n) is 5.76. The number of hydrogen-bond donors (Lipinski definition) is 1. The van der Waals surface area contributed by atoms with Crippen molar-refractivity contribution in [3.63, 3.8) is 0 Å². The maximum Gasteiger partial charge on any atom is 0.261 e. The van der Waals surface area contributed by atoms with Crippen LogP contribution in [-0.2, 0) is 26.1 Å². The first-order valence-corrected chi connectivity index (χ1v) is 12.8. The molecule has 2 aromatic carbocycles. The van der Waals surface area contributed by atoms with Gasteiger partial charge in [-0.15, -0.1) is 0 Å². The van der Waals surface area contributed by atoms with Crippen molar-refractivity contribution in [3.8, 4) is 5.69 Å². The molecule has 0 fully saturated rings. The number of amides is 3. The summed E-state index contributed by atoms with van der Waals surface area (Å²) in [5.41, 5.74) is 2.15. The van der Waals surface area contributed by atoms with Gasteiger partial charge in [0.2, 0.25) is 5.91 Å². The van der Waals surface area contributed by atoms with Crippen LogP contribution in [0, 0.1) is 0 Å². The van der Waals surface area contributed by atoms with Crippen LogP contribution in [-0.4, -0.2) is 47.4 Å². The third-order valence-corrected chi connectivity index (χ3v) is 7.44. The average Bonchev–Trinajstić information content (AvgIpc) is 3.36. The van der Waals surface area contributed by atoms with Crippen LogP contribution < -0.4 is 5.32 Å². The summed E-state index contributed by atoms with van der Waals surface area (Å²) in [6.45, 7) is 0.0970. The van der Waals surface area contributed by atoms with E-state index in [0.717, 1.165) is 4.90 Å². The zero-order valence-corrected chi connectivity index (χ0v) is 19.4. The molecule has 0 saturated heterocycles. The molecule has 0 aliphatic carbocycles. The van der Waals surface area contributed by atoms with Gasteiger partial charge in [0.05, 0.1) is 34.0 Å². The molecule has 0 bridgehead atoms. The number of nitrogens with one attached hydrogen (secondary N) is 1. The molecule has 174 valence electrons. The van der Waals surface area contributed by atoms with Gasteiger partial charge in [-0.05, 0) is 36.8 Å². The Morgan fingerprint density at radius 1 is 1.03 bits per heavy atom. The van der Waals surface area contributed by atoms with Gasteiger partial charge in [-0.3, -0.25) is 19.3 Å². The molecule has 1 N–H and O–H groups in total. The largest absolute Gasteiger partial charge is 0.310 e. The van der Waals surface area contributed by atoms with E-state index >= 15 is 0 Å². The lowest BCUT2D eigenvalue weighted by molar-refractivity contribution is -0.116. The molecule has 0 saturated carbocycles. The number of benzene rings is 2. The molecule has 3 amide bonds. The van der Waals surface area contributed by atoms with E-state index < -0.39 is 9.84 Å². The lowest BCUT2D eigenvalue weighted by Crippen LogP contribution is -2.31. The van der Waals surface area contributed by atoms with Crippen molar-refractivity contribution in [2.75, 3.05) is 11.9 Å². The fourth-order valence-electron chi connectivity index (χ4n) is 4.20. The van der Waals surface area contributed by atoms with E-state index in [1.54, 1.807) is 48.5 Å². The van der Waals surface area contributed by atoms with Crippen molar-refractivity contribution in [2.45, 2.75) is 24.3 Å².